The second kappa shape index (κ2) is 7.08. The minimum atomic E-state index is -0.0167. The van der Waals surface area contributed by atoms with Crippen LogP contribution in [-0.2, 0) is 0 Å². The number of carbonyl (C=O) groups is 1. The van der Waals surface area contributed by atoms with Gasteiger partial charge in [0.25, 0.3) is 5.91 Å². The number of aromatic nitrogens is 1. The number of likely N-dealkylation sites (tertiary alicyclic amines) is 1. The molecule has 0 N–H and O–H groups in total. The Morgan fingerprint density at radius 2 is 2.00 bits per heavy atom. The van der Waals surface area contributed by atoms with Crippen LogP contribution in [0.3, 0.4) is 0 Å². The van der Waals surface area contributed by atoms with E-state index in [4.69, 9.17) is 4.74 Å². The molecule has 1 amide bonds. The molecule has 1 atom stereocenters. The zero-order valence-corrected chi connectivity index (χ0v) is 15.4. The monoisotopic (exact) mass is 351 g/mol. The number of pyridine rings is 1. The van der Waals surface area contributed by atoms with Crippen LogP contribution >= 0.6 is 0 Å². The Balaban J connectivity index is 1.48. The van der Waals surface area contributed by atoms with Gasteiger partial charge in [0.1, 0.15) is 17.5 Å². The molecule has 1 aromatic heterocycles. The minimum absolute atomic E-state index is 0.0167. The summed E-state index contributed by atoms with van der Waals surface area (Å²) in [6.45, 7) is 7.85. The number of nitrogens with zero attached hydrogens (tertiary/aromatic N) is 3. The molecule has 4 rings (SSSR count). The van der Waals surface area contributed by atoms with Gasteiger partial charge in [-0.3, -0.25) is 9.69 Å². The Morgan fingerprint density at radius 3 is 2.73 bits per heavy atom. The van der Waals surface area contributed by atoms with Crippen LogP contribution in [-0.4, -0.2) is 59.0 Å². The largest absolute Gasteiger partial charge is 0.489 e. The van der Waals surface area contributed by atoms with Crippen molar-refractivity contribution in [3.05, 3.63) is 48.2 Å². The summed E-state index contributed by atoms with van der Waals surface area (Å²) in [5.41, 5.74) is 1.32. The van der Waals surface area contributed by atoms with E-state index in [1.165, 1.54) is 0 Å². The SMILES string of the molecule is CC(C)N1CCC(Oc2ccc3nc(C(=O)N4CC=CC4)ccc3c2)C1. The summed E-state index contributed by atoms with van der Waals surface area (Å²) in [5, 5.41) is 0.998. The molecule has 3 heterocycles. The third-order valence-corrected chi connectivity index (χ3v) is 5.19. The average Bonchev–Trinajstić information content (AvgIpc) is 3.32. The second-order valence-electron chi connectivity index (χ2n) is 7.35. The molecule has 136 valence electrons. The molecular formula is C21H25N3O2. The molecule has 5 nitrogen and oxygen atoms in total. The van der Waals surface area contributed by atoms with Crippen molar-refractivity contribution in [3.8, 4) is 5.75 Å². The van der Waals surface area contributed by atoms with Gasteiger partial charge in [-0.2, -0.15) is 0 Å². The van der Waals surface area contributed by atoms with E-state index in [1.807, 2.05) is 42.5 Å². The van der Waals surface area contributed by atoms with Crippen molar-refractivity contribution in [2.24, 2.45) is 0 Å². The molecular weight excluding hydrogens is 326 g/mol. The summed E-state index contributed by atoms with van der Waals surface area (Å²) in [5.74, 6) is 0.856. The highest BCUT2D eigenvalue weighted by atomic mass is 16.5. The first-order valence-corrected chi connectivity index (χ1v) is 9.36. The molecule has 2 aliphatic heterocycles. The highest BCUT2D eigenvalue weighted by Gasteiger charge is 2.25. The van der Waals surface area contributed by atoms with Crippen LogP contribution in [0.4, 0.5) is 0 Å². The van der Waals surface area contributed by atoms with Crippen LogP contribution < -0.4 is 4.74 Å². The maximum atomic E-state index is 12.5. The molecule has 1 aromatic carbocycles. The van der Waals surface area contributed by atoms with Crippen molar-refractivity contribution < 1.29 is 9.53 Å². The lowest BCUT2D eigenvalue weighted by Gasteiger charge is -2.20. The molecule has 2 aliphatic rings. The fourth-order valence-corrected chi connectivity index (χ4v) is 3.61. The fraction of sp³-hybridized carbons (Fsp3) is 0.429. The predicted molar refractivity (Wildman–Crippen MR) is 103 cm³/mol. The quantitative estimate of drug-likeness (QED) is 0.794. The molecule has 1 fully saturated rings. The van der Waals surface area contributed by atoms with E-state index >= 15 is 0 Å². The smallest absolute Gasteiger partial charge is 0.273 e. The van der Waals surface area contributed by atoms with Gasteiger partial charge in [-0.05, 0) is 44.5 Å². The topological polar surface area (TPSA) is 45.7 Å². The highest BCUT2D eigenvalue weighted by Crippen LogP contribution is 2.24. The van der Waals surface area contributed by atoms with E-state index in [0.29, 0.717) is 24.8 Å². The Hall–Kier alpha value is -2.40. The van der Waals surface area contributed by atoms with E-state index in [9.17, 15) is 4.79 Å². The number of hydrogen-bond acceptors (Lipinski definition) is 4. The van der Waals surface area contributed by atoms with Crippen LogP contribution in [0, 0.1) is 0 Å². The van der Waals surface area contributed by atoms with Gasteiger partial charge in [-0.15, -0.1) is 0 Å². The second-order valence-corrected chi connectivity index (χ2v) is 7.35. The van der Waals surface area contributed by atoms with E-state index in [1.54, 1.807) is 4.90 Å². The maximum absolute atomic E-state index is 12.5. The van der Waals surface area contributed by atoms with Crippen LogP contribution in [0.1, 0.15) is 30.8 Å². The Labute approximate surface area is 154 Å². The van der Waals surface area contributed by atoms with Crippen molar-refractivity contribution in [1.29, 1.82) is 0 Å². The summed E-state index contributed by atoms with van der Waals surface area (Å²) >= 11 is 0. The third kappa shape index (κ3) is 3.44. The number of rotatable bonds is 4. The number of carbonyl (C=O) groups excluding carboxylic acids is 1. The van der Waals surface area contributed by atoms with Gasteiger partial charge in [0.2, 0.25) is 0 Å². The molecule has 0 saturated carbocycles. The highest BCUT2D eigenvalue weighted by molar-refractivity contribution is 5.95. The first kappa shape index (κ1) is 17.0. The van der Waals surface area contributed by atoms with E-state index in [0.717, 1.165) is 36.2 Å². The van der Waals surface area contributed by atoms with Crippen molar-refractivity contribution in [2.45, 2.75) is 32.4 Å². The summed E-state index contributed by atoms with van der Waals surface area (Å²) in [6, 6.07) is 10.2. The van der Waals surface area contributed by atoms with Crippen molar-refractivity contribution in [1.82, 2.24) is 14.8 Å². The predicted octanol–water partition coefficient (Wildman–Crippen LogP) is 3.11. The molecule has 1 unspecified atom stereocenters. The summed E-state index contributed by atoms with van der Waals surface area (Å²) in [4.78, 5) is 21.2. The van der Waals surface area contributed by atoms with Crippen LogP contribution in [0.25, 0.3) is 10.9 Å². The molecule has 0 aliphatic carbocycles. The zero-order valence-electron chi connectivity index (χ0n) is 15.4. The molecule has 26 heavy (non-hydrogen) atoms. The van der Waals surface area contributed by atoms with Gasteiger partial charge in [0.15, 0.2) is 0 Å². The molecule has 1 saturated heterocycles. The van der Waals surface area contributed by atoms with E-state index in [-0.39, 0.29) is 12.0 Å². The number of fused-ring (bicyclic) bond motifs is 1. The normalized spacial score (nSPS) is 20.4. The number of ether oxygens (including phenoxy) is 1. The lowest BCUT2D eigenvalue weighted by atomic mass is 10.2. The Kier molecular flexibility index (Phi) is 4.64. The Morgan fingerprint density at radius 1 is 1.19 bits per heavy atom. The molecule has 2 aromatic rings. The fourth-order valence-electron chi connectivity index (χ4n) is 3.61. The first-order valence-electron chi connectivity index (χ1n) is 9.36. The molecule has 0 spiro atoms. The molecule has 0 bridgehead atoms. The van der Waals surface area contributed by atoms with Crippen LogP contribution in [0.5, 0.6) is 5.75 Å². The van der Waals surface area contributed by atoms with Gasteiger partial charge in [-0.1, -0.05) is 18.2 Å². The standard InChI is InChI=1S/C21H25N3O2/c1-15(2)24-12-9-18(14-24)26-17-6-8-19-16(13-17)5-7-20(22-19)21(25)23-10-3-4-11-23/h3-8,13,15,18H,9-12,14H2,1-2H3. The van der Waals surface area contributed by atoms with Gasteiger partial charge >= 0.3 is 0 Å². The molecule has 0 radical (unpaired) electrons. The van der Waals surface area contributed by atoms with E-state index < -0.39 is 0 Å². The lowest BCUT2D eigenvalue weighted by Crippen LogP contribution is -2.30. The first-order chi connectivity index (χ1) is 12.6. The average molecular weight is 351 g/mol. The van der Waals surface area contributed by atoms with Gasteiger partial charge < -0.3 is 9.64 Å². The molecule has 5 heteroatoms. The summed E-state index contributed by atoms with van der Waals surface area (Å²) in [7, 11) is 0. The zero-order chi connectivity index (χ0) is 18.1. The Bertz CT molecular complexity index is 838. The minimum Gasteiger partial charge on any atom is -0.489 e. The number of hydrogen-bond donors (Lipinski definition) is 0. The van der Waals surface area contributed by atoms with E-state index in [2.05, 4.69) is 23.7 Å². The number of benzene rings is 1. The van der Waals surface area contributed by atoms with Crippen molar-refractivity contribution in [3.63, 3.8) is 0 Å². The van der Waals surface area contributed by atoms with Crippen molar-refractivity contribution >= 4 is 16.8 Å². The lowest BCUT2D eigenvalue weighted by molar-refractivity contribution is 0.0794. The van der Waals surface area contributed by atoms with Gasteiger partial charge in [-0.25, -0.2) is 4.98 Å². The summed E-state index contributed by atoms with van der Waals surface area (Å²) in [6.07, 6.45) is 5.32. The van der Waals surface area contributed by atoms with Gasteiger partial charge in [0, 0.05) is 37.6 Å². The van der Waals surface area contributed by atoms with Crippen LogP contribution in [0.2, 0.25) is 0 Å². The maximum Gasteiger partial charge on any atom is 0.273 e. The summed E-state index contributed by atoms with van der Waals surface area (Å²) < 4.78 is 6.17. The van der Waals surface area contributed by atoms with Crippen molar-refractivity contribution in [2.75, 3.05) is 26.2 Å². The number of amides is 1. The van der Waals surface area contributed by atoms with Crippen LogP contribution in [0.15, 0.2) is 42.5 Å². The van der Waals surface area contributed by atoms with Gasteiger partial charge in [0.05, 0.1) is 5.52 Å². The third-order valence-electron chi connectivity index (χ3n) is 5.19.